The Balaban J connectivity index is 1.62. The third kappa shape index (κ3) is 3.84. The predicted octanol–water partition coefficient (Wildman–Crippen LogP) is 3.46. The third-order valence-electron chi connectivity index (χ3n) is 4.22. The largest absolute Gasteiger partial charge is 0.361 e. The second-order valence-corrected chi connectivity index (χ2v) is 8.29. The van der Waals surface area contributed by atoms with Gasteiger partial charge in [0.25, 0.3) is 5.91 Å². The molecule has 0 unspecified atom stereocenters. The molecule has 5 nitrogen and oxygen atoms in total. The number of carbonyl (C=O) groups excluding carboxylic acids is 1. The van der Waals surface area contributed by atoms with Crippen molar-refractivity contribution >= 4 is 33.2 Å². The van der Waals surface area contributed by atoms with Crippen molar-refractivity contribution in [2.75, 3.05) is 26.2 Å². The van der Waals surface area contributed by atoms with Gasteiger partial charge in [-0.1, -0.05) is 5.16 Å². The number of halogens is 1. The first-order valence-corrected chi connectivity index (χ1v) is 9.34. The zero-order valence-electron chi connectivity index (χ0n) is 13.3. The van der Waals surface area contributed by atoms with Crippen molar-refractivity contribution in [2.45, 2.75) is 26.8 Å². The lowest BCUT2D eigenvalue weighted by Crippen LogP contribution is -2.34. The minimum Gasteiger partial charge on any atom is -0.361 e. The van der Waals surface area contributed by atoms with E-state index in [2.05, 4.69) is 26.0 Å². The van der Waals surface area contributed by atoms with Gasteiger partial charge < -0.3 is 9.42 Å². The molecule has 2 aromatic heterocycles. The van der Waals surface area contributed by atoms with Crippen molar-refractivity contribution in [2.24, 2.45) is 0 Å². The van der Waals surface area contributed by atoms with Crippen molar-refractivity contribution in [1.82, 2.24) is 15.0 Å². The summed E-state index contributed by atoms with van der Waals surface area (Å²) in [5.41, 5.74) is 2.13. The smallest absolute Gasteiger partial charge is 0.264 e. The van der Waals surface area contributed by atoms with Crippen LogP contribution >= 0.6 is 27.3 Å². The zero-order chi connectivity index (χ0) is 16.4. The van der Waals surface area contributed by atoms with Crippen LogP contribution in [0.15, 0.2) is 20.4 Å². The van der Waals surface area contributed by atoms with E-state index in [1.807, 2.05) is 30.9 Å². The van der Waals surface area contributed by atoms with Gasteiger partial charge in [-0.2, -0.15) is 0 Å². The van der Waals surface area contributed by atoms with Crippen LogP contribution in [-0.2, 0) is 6.54 Å². The topological polar surface area (TPSA) is 49.6 Å². The number of aryl methyl sites for hydroxylation is 2. The summed E-state index contributed by atoms with van der Waals surface area (Å²) >= 11 is 4.92. The van der Waals surface area contributed by atoms with Gasteiger partial charge in [-0.3, -0.25) is 9.69 Å². The number of rotatable bonds is 3. The summed E-state index contributed by atoms with van der Waals surface area (Å²) in [7, 11) is 0. The van der Waals surface area contributed by atoms with Gasteiger partial charge in [-0.25, -0.2) is 0 Å². The van der Waals surface area contributed by atoms with Crippen LogP contribution in [-0.4, -0.2) is 47.0 Å². The number of nitrogens with zero attached hydrogens (tertiary/aromatic N) is 3. The molecule has 23 heavy (non-hydrogen) atoms. The molecule has 0 radical (unpaired) electrons. The van der Waals surface area contributed by atoms with Crippen LogP contribution in [0.4, 0.5) is 0 Å². The maximum Gasteiger partial charge on any atom is 0.264 e. The number of hydrogen-bond donors (Lipinski definition) is 0. The third-order valence-corrected chi connectivity index (χ3v) is 5.83. The quantitative estimate of drug-likeness (QED) is 0.795. The lowest BCUT2D eigenvalue weighted by atomic mass is 10.2. The normalized spacial score (nSPS) is 16.6. The van der Waals surface area contributed by atoms with E-state index in [1.54, 1.807) is 0 Å². The highest BCUT2D eigenvalue weighted by Gasteiger charge is 2.22. The summed E-state index contributed by atoms with van der Waals surface area (Å²) in [6.45, 7) is 8.22. The molecule has 0 bridgehead atoms. The highest BCUT2D eigenvalue weighted by Crippen LogP contribution is 2.24. The van der Waals surface area contributed by atoms with E-state index in [-0.39, 0.29) is 5.91 Å². The monoisotopic (exact) mass is 397 g/mol. The molecule has 3 rings (SSSR count). The van der Waals surface area contributed by atoms with Crippen LogP contribution in [0.2, 0.25) is 0 Å². The molecule has 0 aliphatic carbocycles. The lowest BCUT2D eigenvalue weighted by molar-refractivity contribution is 0.0766. The van der Waals surface area contributed by atoms with Gasteiger partial charge >= 0.3 is 0 Å². The molecule has 124 valence electrons. The van der Waals surface area contributed by atoms with E-state index in [4.69, 9.17) is 4.52 Å². The molecule has 0 saturated carbocycles. The highest BCUT2D eigenvalue weighted by atomic mass is 79.9. The summed E-state index contributed by atoms with van der Waals surface area (Å²) in [4.78, 5) is 17.7. The van der Waals surface area contributed by atoms with Crippen LogP contribution in [0, 0.1) is 13.8 Å². The van der Waals surface area contributed by atoms with Gasteiger partial charge in [0, 0.05) is 38.3 Å². The maximum atomic E-state index is 12.6. The fraction of sp³-hybridized carbons (Fsp3) is 0.500. The second kappa shape index (κ2) is 7.15. The fourth-order valence-electron chi connectivity index (χ4n) is 2.87. The van der Waals surface area contributed by atoms with Crippen LogP contribution in [0.3, 0.4) is 0 Å². The summed E-state index contributed by atoms with van der Waals surface area (Å²) < 4.78 is 6.24. The number of thiophene rings is 1. The Morgan fingerprint density at radius 2 is 2.13 bits per heavy atom. The minimum absolute atomic E-state index is 0.139. The number of carbonyl (C=O) groups is 1. The van der Waals surface area contributed by atoms with E-state index in [0.717, 1.165) is 59.3 Å². The van der Waals surface area contributed by atoms with Crippen molar-refractivity contribution in [1.29, 1.82) is 0 Å². The number of aromatic nitrogens is 1. The van der Waals surface area contributed by atoms with Crippen molar-refractivity contribution in [3.8, 4) is 0 Å². The molecule has 7 heteroatoms. The molecule has 0 atom stereocenters. The Morgan fingerprint density at radius 1 is 1.30 bits per heavy atom. The van der Waals surface area contributed by atoms with Gasteiger partial charge in [0.05, 0.1) is 14.4 Å². The van der Waals surface area contributed by atoms with Crippen LogP contribution < -0.4 is 0 Å². The molecular formula is C16H20BrN3O2S. The van der Waals surface area contributed by atoms with E-state index < -0.39 is 0 Å². The van der Waals surface area contributed by atoms with Gasteiger partial charge in [-0.15, -0.1) is 11.3 Å². The Bertz CT molecular complexity index is 678. The molecule has 1 aliphatic heterocycles. The van der Waals surface area contributed by atoms with Gasteiger partial charge in [0.2, 0.25) is 0 Å². The number of amides is 1. The molecule has 0 spiro atoms. The molecule has 3 heterocycles. The molecule has 0 N–H and O–H groups in total. The van der Waals surface area contributed by atoms with E-state index in [0.29, 0.717) is 0 Å². The van der Waals surface area contributed by atoms with Crippen molar-refractivity contribution in [3.05, 3.63) is 37.8 Å². The van der Waals surface area contributed by atoms with E-state index in [9.17, 15) is 4.79 Å². The molecule has 1 saturated heterocycles. The molecule has 2 aromatic rings. The fourth-order valence-corrected chi connectivity index (χ4v) is 4.22. The molecule has 1 aliphatic rings. The average Bonchev–Trinajstić information content (AvgIpc) is 3.00. The SMILES string of the molecule is Cc1noc(C)c1CN1CCCN(C(=O)c2ccc(Br)s2)CC1. The minimum atomic E-state index is 0.139. The maximum absolute atomic E-state index is 12.6. The van der Waals surface area contributed by atoms with Crippen molar-refractivity contribution < 1.29 is 9.32 Å². The van der Waals surface area contributed by atoms with Crippen LogP contribution in [0.5, 0.6) is 0 Å². The summed E-state index contributed by atoms with van der Waals surface area (Å²) in [5.74, 6) is 1.03. The van der Waals surface area contributed by atoms with Gasteiger partial charge in [-0.05, 0) is 48.3 Å². The average molecular weight is 398 g/mol. The standard InChI is InChI=1S/C16H20BrN3O2S/c1-11-13(12(2)22-18-11)10-19-6-3-7-20(9-8-19)16(21)14-4-5-15(17)23-14/h4-5H,3,6-10H2,1-2H3. The molecule has 0 aromatic carbocycles. The second-order valence-electron chi connectivity index (χ2n) is 5.83. The first-order valence-electron chi connectivity index (χ1n) is 7.73. The van der Waals surface area contributed by atoms with E-state index in [1.165, 1.54) is 16.9 Å². The van der Waals surface area contributed by atoms with Crippen LogP contribution in [0.1, 0.15) is 33.1 Å². The van der Waals surface area contributed by atoms with Gasteiger partial charge in [0.1, 0.15) is 5.76 Å². The Morgan fingerprint density at radius 3 is 2.78 bits per heavy atom. The predicted molar refractivity (Wildman–Crippen MR) is 93.8 cm³/mol. The van der Waals surface area contributed by atoms with Crippen LogP contribution in [0.25, 0.3) is 0 Å². The summed E-state index contributed by atoms with van der Waals surface area (Å²) in [6.07, 6.45) is 0.988. The highest BCUT2D eigenvalue weighted by molar-refractivity contribution is 9.11. The van der Waals surface area contributed by atoms with Gasteiger partial charge in [0.15, 0.2) is 0 Å². The summed E-state index contributed by atoms with van der Waals surface area (Å²) in [6, 6.07) is 3.82. The van der Waals surface area contributed by atoms with Crippen molar-refractivity contribution in [3.63, 3.8) is 0 Å². The molecule has 1 amide bonds. The molecular weight excluding hydrogens is 378 g/mol. The first-order chi connectivity index (χ1) is 11.0. The lowest BCUT2D eigenvalue weighted by Gasteiger charge is -2.21. The number of hydrogen-bond acceptors (Lipinski definition) is 5. The Labute approximate surface area is 148 Å². The zero-order valence-corrected chi connectivity index (χ0v) is 15.7. The Hall–Kier alpha value is -1.18. The summed E-state index contributed by atoms with van der Waals surface area (Å²) in [5, 5.41) is 4.02. The Kier molecular flexibility index (Phi) is 5.18. The van der Waals surface area contributed by atoms with E-state index >= 15 is 0 Å². The molecule has 1 fully saturated rings. The first kappa shape index (κ1) is 16.7.